The molecule has 0 heterocycles. The second-order valence-corrected chi connectivity index (χ2v) is 5.87. The van der Waals surface area contributed by atoms with Crippen molar-refractivity contribution >= 4 is 17.5 Å². The van der Waals surface area contributed by atoms with E-state index in [-0.39, 0.29) is 12.0 Å². The Bertz CT molecular complexity index is 675. The molecular weight excluding hydrogens is 326 g/mol. The topological polar surface area (TPSA) is 47.6 Å². The molecule has 2 rings (SSSR count). The summed E-state index contributed by atoms with van der Waals surface area (Å²) in [5, 5.41) is 3.60. The van der Waals surface area contributed by atoms with Gasteiger partial charge in [-0.3, -0.25) is 4.79 Å². The first-order valence-electron chi connectivity index (χ1n) is 7.80. The predicted octanol–water partition coefficient (Wildman–Crippen LogP) is 3.79. The molecule has 0 saturated heterocycles. The number of methoxy groups -OCH3 is 2. The van der Waals surface area contributed by atoms with E-state index in [1.165, 1.54) is 0 Å². The molecule has 0 aliphatic heterocycles. The molecule has 2 aromatic rings. The van der Waals surface area contributed by atoms with Crippen molar-refractivity contribution in [3.8, 4) is 5.75 Å². The van der Waals surface area contributed by atoms with Crippen molar-refractivity contribution < 1.29 is 14.3 Å². The zero-order valence-electron chi connectivity index (χ0n) is 13.9. The predicted molar refractivity (Wildman–Crippen MR) is 95.5 cm³/mol. The fourth-order valence-electron chi connectivity index (χ4n) is 2.42. The highest BCUT2D eigenvalue weighted by Crippen LogP contribution is 2.21. The molecule has 0 radical (unpaired) electrons. The first kappa shape index (κ1) is 18.3. The van der Waals surface area contributed by atoms with Crippen LogP contribution in [-0.2, 0) is 16.0 Å². The molecule has 1 amide bonds. The lowest BCUT2D eigenvalue weighted by Gasteiger charge is -2.17. The zero-order valence-corrected chi connectivity index (χ0v) is 14.7. The number of ether oxygens (including phenoxy) is 2. The summed E-state index contributed by atoms with van der Waals surface area (Å²) < 4.78 is 10.7. The third-order valence-corrected chi connectivity index (χ3v) is 4.00. The number of aryl methyl sites for hydroxylation is 1. The highest BCUT2D eigenvalue weighted by Gasteiger charge is 2.13. The second-order valence-electron chi connectivity index (χ2n) is 5.43. The molecule has 0 aliphatic carbocycles. The van der Waals surface area contributed by atoms with Crippen LogP contribution in [0, 0.1) is 0 Å². The maximum absolute atomic E-state index is 12.1. The fraction of sp³-hybridized carbons (Fsp3) is 0.316. The van der Waals surface area contributed by atoms with Gasteiger partial charge in [-0.15, -0.1) is 0 Å². The third-order valence-electron chi connectivity index (χ3n) is 3.76. The van der Waals surface area contributed by atoms with E-state index in [9.17, 15) is 4.79 Å². The molecule has 0 fully saturated rings. The van der Waals surface area contributed by atoms with Crippen molar-refractivity contribution in [3.05, 3.63) is 64.7 Å². The van der Waals surface area contributed by atoms with E-state index in [0.29, 0.717) is 24.4 Å². The molecule has 0 spiro atoms. The van der Waals surface area contributed by atoms with Crippen LogP contribution < -0.4 is 10.1 Å². The van der Waals surface area contributed by atoms with Crippen LogP contribution in [-0.4, -0.2) is 26.7 Å². The van der Waals surface area contributed by atoms with Gasteiger partial charge in [-0.2, -0.15) is 0 Å². The van der Waals surface area contributed by atoms with E-state index in [1.54, 1.807) is 14.2 Å². The van der Waals surface area contributed by atoms with Crippen molar-refractivity contribution in [2.24, 2.45) is 0 Å². The summed E-state index contributed by atoms with van der Waals surface area (Å²) in [6, 6.07) is 15.2. The number of nitrogens with one attached hydrogen (secondary N) is 1. The monoisotopic (exact) mass is 347 g/mol. The first-order valence-corrected chi connectivity index (χ1v) is 8.18. The Kier molecular flexibility index (Phi) is 7.09. The van der Waals surface area contributed by atoms with Crippen molar-refractivity contribution in [2.45, 2.75) is 18.9 Å². The molecule has 128 valence electrons. The standard InChI is InChI=1S/C19H22ClNO3/c1-23-17-8-4-6-15(12-17)18(24-2)13-21-19(22)10-9-14-5-3-7-16(20)11-14/h3-8,11-12,18H,9-10,13H2,1-2H3,(H,21,22)/t18-/m1/s1. The third kappa shape index (κ3) is 5.55. The quantitative estimate of drug-likeness (QED) is 0.790. The van der Waals surface area contributed by atoms with E-state index < -0.39 is 0 Å². The molecule has 4 nitrogen and oxygen atoms in total. The van der Waals surface area contributed by atoms with Gasteiger partial charge in [-0.1, -0.05) is 35.9 Å². The first-order chi connectivity index (χ1) is 11.6. The van der Waals surface area contributed by atoms with Gasteiger partial charge in [0.25, 0.3) is 0 Å². The second kappa shape index (κ2) is 9.30. The number of hydrogen-bond donors (Lipinski definition) is 1. The van der Waals surface area contributed by atoms with E-state index in [0.717, 1.165) is 16.9 Å². The lowest BCUT2D eigenvalue weighted by atomic mass is 10.1. The van der Waals surface area contributed by atoms with Crippen LogP contribution in [0.15, 0.2) is 48.5 Å². The number of rotatable bonds is 8. The summed E-state index contributed by atoms with van der Waals surface area (Å²) in [5.41, 5.74) is 2.01. The Balaban J connectivity index is 1.84. The number of hydrogen-bond acceptors (Lipinski definition) is 3. The lowest BCUT2D eigenvalue weighted by Crippen LogP contribution is -2.29. The van der Waals surface area contributed by atoms with Crippen LogP contribution in [0.4, 0.5) is 0 Å². The molecule has 0 bridgehead atoms. The van der Waals surface area contributed by atoms with Crippen LogP contribution in [0.25, 0.3) is 0 Å². The Labute approximate surface area is 147 Å². The van der Waals surface area contributed by atoms with Crippen molar-refractivity contribution in [1.29, 1.82) is 0 Å². The van der Waals surface area contributed by atoms with Gasteiger partial charge in [0.1, 0.15) is 5.75 Å². The smallest absolute Gasteiger partial charge is 0.220 e. The number of halogens is 1. The molecule has 1 N–H and O–H groups in total. The normalized spacial score (nSPS) is 11.8. The summed E-state index contributed by atoms with van der Waals surface area (Å²) in [5.74, 6) is 0.752. The average Bonchev–Trinajstić information content (AvgIpc) is 2.61. The number of benzene rings is 2. The van der Waals surface area contributed by atoms with Gasteiger partial charge < -0.3 is 14.8 Å². The van der Waals surface area contributed by atoms with Crippen LogP contribution in [0.3, 0.4) is 0 Å². The Morgan fingerprint density at radius 2 is 1.96 bits per heavy atom. The highest BCUT2D eigenvalue weighted by atomic mass is 35.5. The van der Waals surface area contributed by atoms with Gasteiger partial charge in [0.05, 0.1) is 13.2 Å². The van der Waals surface area contributed by atoms with E-state index >= 15 is 0 Å². The fourth-order valence-corrected chi connectivity index (χ4v) is 2.64. The summed E-state index contributed by atoms with van der Waals surface area (Å²) in [4.78, 5) is 12.1. The molecule has 5 heteroatoms. The molecule has 0 saturated carbocycles. The van der Waals surface area contributed by atoms with Crippen molar-refractivity contribution in [1.82, 2.24) is 5.32 Å². The van der Waals surface area contributed by atoms with Gasteiger partial charge in [0, 0.05) is 25.1 Å². The highest BCUT2D eigenvalue weighted by molar-refractivity contribution is 6.30. The summed E-state index contributed by atoms with van der Waals surface area (Å²) in [6.45, 7) is 0.415. The lowest BCUT2D eigenvalue weighted by molar-refractivity contribution is -0.121. The zero-order chi connectivity index (χ0) is 17.4. The summed E-state index contributed by atoms with van der Waals surface area (Å²) in [7, 11) is 3.25. The van der Waals surface area contributed by atoms with Crippen molar-refractivity contribution in [2.75, 3.05) is 20.8 Å². The van der Waals surface area contributed by atoms with Crippen LogP contribution in [0.1, 0.15) is 23.7 Å². The minimum Gasteiger partial charge on any atom is -0.497 e. The average molecular weight is 348 g/mol. The molecule has 24 heavy (non-hydrogen) atoms. The van der Waals surface area contributed by atoms with Gasteiger partial charge in [-0.25, -0.2) is 0 Å². The Hall–Kier alpha value is -2.04. The van der Waals surface area contributed by atoms with Gasteiger partial charge >= 0.3 is 0 Å². The SMILES string of the molecule is COc1cccc([C@@H](CNC(=O)CCc2cccc(Cl)c2)OC)c1. The largest absolute Gasteiger partial charge is 0.497 e. The Morgan fingerprint density at radius 3 is 2.67 bits per heavy atom. The molecule has 0 aliphatic rings. The maximum Gasteiger partial charge on any atom is 0.220 e. The van der Waals surface area contributed by atoms with E-state index in [1.807, 2.05) is 48.5 Å². The van der Waals surface area contributed by atoms with Crippen molar-refractivity contribution in [3.63, 3.8) is 0 Å². The number of carbonyl (C=O) groups excluding carboxylic acids is 1. The van der Waals surface area contributed by atoms with Crippen LogP contribution in [0.5, 0.6) is 5.75 Å². The molecule has 0 unspecified atom stereocenters. The maximum atomic E-state index is 12.1. The molecule has 1 atom stereocenters. The Morgan fingerprint density at radius 1 is 1.17 bits per heavy atom. The van der Waals surface area contributed by atoms with Crippen LogP contribution >= 0.6 is 11.6 Å². The number of carbonyl (C=O) groups is 1. The van der Waals surface area contributed by atoms with Crippen LogP contribution in [0.2, 0.25) is 5.02 Å². The van der Waals surface area contributed by atoms with Gasteiger partial charge in [-0.05, 0) is 41.8 Å². The minimum atomic E-state index is -0.213. The summed E-state index contributed by atoms with van der Waals surface area (Å²) >= 11 is 5.95. The van der Waals surface area contributed by atoms with E-state index in [2.05, 4.69) is 5.32 Å². The number of amides is 1. The van der Waals surface area contributed by atoms with Gasteiger partial charge in [0.15, 0.2) is 0 Å². The molecule has 2 aromatic carbocycles. The summed E-state index contributed by atoms with van der Waals surface area (Å²) in [6.07, 6.45) is 0.855. The molecule has 0 aromatic heterocycles. The minimum absolute atomic E-state index is 0.0140. The molecular formula is C19H22ClNO3. The van der Waals surface area contributed by atoms with E-state index in [4.69, 9.17) is 21.1 Å². The van der Waals surface area contributed by atoms with Gasteiger partial charge in [0.2, 0.25) is 5.91 Å².